The van der Waals surface area contributed by atoms with Crippen molar-refractivity contribution in [2.75, 3.05) is 44.4 Å². The number of nitrogens with zero attached hydrogens (tertiary/aromatic N) is 2. The number of piperidine rings is 1. The zero-order valence-corrected chi connectivity index (χ0v) is 17.0. The van der Waals surface area contributed by atoms with E-state index in [4.69, 9.17) is 9.47 Å². The first-order chi connectivity index (χ1) is 13.3. The highest BCUT2D eigenvalue weighted by atomic mass is 16.5. The lowest BCUT2D eigenvalue weighted by atomic mass is 9.93. The Morgan fingerprint density at radius 3 is 2.96 bits per heavy atom. The predicted molar refractivity (Wildman–Crippen MR) is 111 cm³/mol. The molecule has 2 aliphatic rings. The van der Waals surface area contributed by atoms with Crippen molar-refractivity contribution < 1.29 is 9.47 Å². The van der Waals surface area contributed by atoms with E-state index < -0.39 is 0 Å². The van der Waals surface area contributed by atoms with Crippen LogP contribution in [0.1, 0.15) is 58.3 Å². The summed E-state index contributed by atoms with van der Waals surface area (Å²) in [6.07, 6.45) is 13.7. The minimum Gasteiger partial charge on any atom is -0.490 e. The van der Waals surface area contributed by atoms with E-state index in [-0.39, 0.29) is 0 Å². The van der Waals surface area contributed by atoms with E-state index in [1.165, 1.54) is 57.1 Å². The zero-order valence-electron chi connectivity index (χ0n) is 17.0. The molecule has 0 saturated carbocycles. The lowest BCUT2D eigenvalue weighted by Crippen LogP contribution is -2.35. The van der Waals surface area contributed by atoms with Crippen molar-refractivity contribution in [2.24, 2.45) is 5.92 Å². The van der Waals surface area contributed by atoms with Gasteiger partial charge in [-0.2, -0.15) is 0 Å². The van der Waals surface area contributed by atoms with Gasteiger partial charge in [-0.1, -0.05) is 13.3 Å². The van der Waals surface area contributed by atoms with Crippen molar-refractivity contribution in [3.63, 3.8) is 0 Å². The lowest BCUT2D eigenvalue weighted by molar-refractivity contribution is 0.123. The van der Waals surface area contributed by atoms with Crippen LogP contribution in [0.3, 0.4) is 0 Å². The van der Waals surface area contributed by atoms with E-state index in [2.05, 4.69) is 28.2 Å². The van der Waals surface area contributed by atoms with Crippen LogP contribution < -0.4 is 15.0 Å². The first-order valence-corrected chi connectivity index (χ1v) is 11.0. The van der Waals surface area contributed by atoms with Crippen molar-refractivity contribution in [1.82, 2.24) is 10.3 Å². The number of hydrogen-bond donors (Lipinski definition) is 1. The van der Waals surface area contributed by atoms with Crippen LogP contribution in [0, 0.1) is 5.92 Å². The van der Waals surface area contributed by atoms with Crippen LogP contribution in [0.2, 0.25) is 0 Å². The number of anilines is 1. The first-order valence-electron chi connectivity index (χ1n) is 11.0. The second kappa shape index (κ2) is 11.5. The second-order valence-corrected chi connectivity index (χ2v) is 8.05. The molecule has 5 heteroatoms. The molecule has 0 unspecified atom stereocenters. The van der Waals surface area contributed by atoms with E-state index in [1.54, 1.807) is 0 Å². The molecule has 0 radical (unpaired) electrons. The number of ether oxygens (including phenoxy) is 2. The fraction of sp³-hybridized carbons (Fsp3) is 0.773. The fourth-order valence-electron chi connectivity index (χ4n) is 4.11. The van der Waals surface area contributed by atoms with Gasteiger partial charge in [0.2, 0.25) is 0 Å². The maximum atomic E-state index is 5.99. The molecule has 1 aromatic rings. The summed E-state index contributed by atoms with van der Waals surface area (Å²) in [7, 11) is 0. The van der Waals surface area contributed by atoms with Gasteiger partial charge in [-0.05, 0) is 57.4 Å². The summed E-state index contributed by atoms with van der Waals surface area (Å²) in [6.45, 7) is 8.15. The van der Waals surface area contributed by atoms with Crippen molar-refractivity contribution in [3.8, 4) is 5.75 Å². The van der Waals surface area contributed by atoms with Crippen LogP contribution >= 0.6 is 0 Å². The molecule has 1 aromatic heterocycles. The Morgan fingerprint density at radius 1 is 1.19 bits per heavy atom. The first kappa shape index (κ1) is 20.4. The minimum absolute atomic E-state index is 0.493. The largest absolute Gasteiger partial charge is 0.490 e. The van der Waals surface area contributed by atoms with Crippen molar-refractivity contribution in [1.29, 1.82) is 0 Å². The molecule has 3 rings (SSSR count). The van der Waals surface area contributed by atoms with Gasteiger partial charge in [-0.3, -0.25) is 4.98 Å². The third-order valence-electron chi connectivity index (χ3n) is 5.74. The molecular formula is C22H37N3O2. The molecule has 2 atom stereocenters. The van der Waals surface area contributed by atoms with Crippen molar-refractivity contribution >= 4 is 5.69 Å². The number of unbranched alkanes of at least 4 members (excludes halogenated alkanes) is 1. The number of aromatic nitrogens is 1. The molecule has 2 saturated heterocycles. The van der Waals surface area contributed by atoms with Gasteiger partial charge in [0.25, 0.3) is 0 Å². The van der Waals surface area contributed by atoms with Crippen molar-refractivity contribution in [3.05, 3.63) is 18.5 Å². The molecule has 0 amide bonds. The van der Waals surface area contributed by atoms with Gasteiger partial charge in [0.05, 0.1) is 18.1 Å². The standard InChI is InChI=1S/C22H37N3O2/c1-2-3-12-26-13-6-8-19-7-5-11-25(17-19)21-14-22(16-23-15-21)27-18-20-9-4-10-24-20/h14-16,19-20,24H,2-13,17-18H2,1H3/t19-,20-/m0/s1. The molecule has 1 N–H and O–H groups in total. The van der Waals surface area contributed by atoms with E-state index in [1.807, 2.05) is 12.4 Å². The SMILES string of the molecule is CCCCOCCC[C@@H]1CCCN(c2cncc(OC[C@@H]3CCCN3)c2)C1. The quantitative estimate of drug-likeness (QED) is 0.592. The normalized spacial score (nSPS) is 22.9. The summed E-state index contributed by atoms with van der Waals surface area (Å²) >= 11 is 0. The maximum Gasteiger partial charge on any atom is 0.139 e. The predicted octanol–water partition coefficient (Wildman–Crippen LogP) is 4.03. The monoisotopic (exact) mass is 375 g/mol. The van der Waals surface area contributed by atoms with Gasteiger partial charge >= 0.3 is 0 Å². The average molecular weight is 376 g/mol. The molecule has 0 spiro atoms. The molecule has 152 valence electrons. The molecule has 5 nitrogen and oxygen atoms in total. The summed E-state index contributed by atoms with van der Waals surface area (Å²) in [5, 5.41) is 3.48. The Kier molecular flexibility index (Phi) is 8.69. The number of nitrogens with one attached hydrogen (secondary N) is 1. The molecule has 2 fully saturated rings. The number of hydrogen-bond acceptors (Lipinski definition) is 5. The van der Waals surface area contributed by atoms with Crippen molar-refractivity contribution in [2.45, 2.75) is 64.3 Å². The van der Waals surface area contributed by atoms with Gasteiger partial charge in [0, 0.05) is 38.4 Å². The molecule has 0 aromatic carbocycles. The Bertz CT molecular complexity index is 534. The van der Waals surface area contributed by atoms with Gasteiger partial charge in [0.15, 0.2) is 0 Å². The van der Waals surface area contributed by atoms with Gasteiger partial charge in [-0.15, -0.1) is 0 Å². The fourth-order valence-corrected chi connectivity index (χ4v) is 4.11. The van der Waals surface area contributed by atoms with Crippen LogP contribution in [0.4, 0.5) is 5.69 Å². The average Bonchev–Trinajstić information content (AvgIpc) is 3.23. The number of rotatable bonds is 11. The molecule has 0 bridgehead atoms. The highest BCUT2D eigenvalue weighted by molar-refractivity contribution is 5.48. The number of pyridine rings is 1. The Hall–Kier alpha value is -1.33. The van der Waals surface area contributed by atoms with E-state index in [0.717, 1.165) is 51.1 Å². The lowest BCUT2D eigenvalue weighted by Gasteiger charge is -2.34. The van der Waals surface area contributed by atoms with Gasteiger partial charge in [-0.25, -0.2) is 0 Å². The summed E-state index contributed by atoms with van der Waals surface area (Å²) < 4.78 is 11.7. The molecule has 27 heavy (non-hydrogen) atoms. The molecular weight excluding hydrogens is 338 g/mol. The van der Waals surface area contributed by atoms with Crippen LogP contribution in [-0.2, 0) is 4.74 Å². The highest BCUT2D eigenvalue weighted by Gasteiger charge is 2.21. The van der Waals surface area contributed by atoms with Gasteiger partial charge < -0.3 is 19.7 Å². The van der Waals surface area contributed by atoms with E-state index in [0.29, 0.717) is 6.04 Å². The van der Waals surface area contributed by atoms with Gasteiger partial charge in [0.1, 0.15) is 12.4 Å². The Morgan fingerprint density at radius 2 is 2.11 bits per heavy atom. The third kappa shape index (κ3) is 6.96. The van der Waals surface area contributed by atoms with Crippen LogP contribution in [0.5, 0.6) is 5.75 Å². The topological polar surface area (TPSA) is 46.6 Å². The van der Waals surface area contributed by atoms with E-state index in [9.17, 15) is 0 Å². The third-order valence-corrected chi connectivity index (χ3v) is 5.74. The molecule has 0 aliphatic carbocycles. The summed E-state index contributed by atoms with van der Waals surface area (Å²) in [5.41, 5.74) is 1.20. The Balaban J connectivity index is 1.42. The summed E-state index contributed by atoms with van der Waals surface area (Å²) in [4.78, 5) is 6.91. The smallest absolute Gasteiger partial charge is 0.139 e. The van der Waals surface area contributed by atoms with Crippen LogP contribution in [-0.4, -0.2) is 50.5 Å². The molecule has 3 heterocycles. The van der Waals surface area contributed by atoms with E-state index >= 15 is 0 Å². The van der Waals surface area contributed by atoms with Crippen LogP contribution in [0.15, 0.2) is 18.5 Å². The zero-order chi connectivity index (χ0) is 18.7. The summed E-state index contributed by atoms with van der Waals surface area (Å²) in [5.74, 6) is 1.66. The highest BCUT2D eigenvalue weighted by Crippen LogP contribution is 2.27. The minimum atomic E-state index is 0.493. The second-order valence-electron chi connectivity index (χ2n) is 8.05. The summed E-state index contributed by atoms with van der Waals surface area (Å²) in [6, 6.07) is 2.66. The maximum absolute atomic E-state index is 5.99. The van der Waals surface area contributed by atoms with Crippen LogP contribution in [0.25, 0.3) is 0 Å². The molecule has 2 aliphatic heterocycles. The Labute approximate surface area is 164 Å².